The summed E-state index contributed by atoms with van der Waals surface area (Å²) in [6.07, 6.45) is 4.10. The topological polar surface area (TPSA) is 90.5 Å². The molecule has 0 saturated heterocycles. The van der Waals surface area contributed by atoms with Crippen molar-refractivity contribution in [2.45, 2.75) is 26.3 Å². The van der Waals surface area contributed by atoms with Gasteiger partial charge in [0.05, 0.1) is 11.4 Å². The molecule has 3 aromatic rings. The number of tetrazole rings is 1. The number of amides is 1. The molecule has 8 heteroatoms. The zero-order valence-corrected chi connectivity index (χ0v) is 12.9. The molecule has 0 saturated carbocycles. The number of hydrogen-bond acceptors (Lipinski definition) is 5. The second kappa shape index (κ2) is 6.39. The third kappa shape index (κ3) is 2.96. The first-order valence-electron chi connectivity index (χ1n) is 7.37. The van der Waals surface area contributed by atoms with Gasteiger partial charge in [-0.25, -0.2) is 0 Å². The summed E-state index contributed by atoms with van der Waals surface area (Å²) in [6, 6.07) is 8.79. The molecule has 2 aromatic heterocycles. The average molecular weight is 311 g/mol. The quantitative estimate of drug-likeness (QED) is 0.773. The number of nitrogens with zero attached hydrogens (tertiary/aromatic N) is 6. The number of benzene rings is 1. The van der Waals surface area contributed by atoms with Crippen molar-refractivity contribution in [3.63, 3.8) is 0 Å². The Bertz CT molecular complexity index is 794. The predicted octanol–water partition coefficient (Wildman–Crippen LogP) is 1.62. The fourth-order valence-electron chi connectivity index (χ4n) is 2.24. The average Bonchev–Trinajstić information content (AvgIpc) is 3.25. The number of carbonyl (C=O) groups excluding carboxylic acids is 1. The van der Waals surface area contributed by atoms with E-state index in [0.29, 0.717) is 12.1 Å². The number of rotatable bonds is 5. The maximum absolute atomic E-state index is 12.5. The zero-order valence-electron chi connectivity index (χ0n) is 12.9. The highest BCUT2D eigenvalue weighted by molar-refractivity contribution is 5.95. The smallest absolute Gasteiger partial charge is 0.249 e. The Balaban J connectivity index is 1.88. The fraction of sp³-hybridized carbons (Fsp3) is 0.267. The van der Waals surface area contributed by atoms with Gasteiger partial charge in [0.2, 0.25) is 5.91 Å². The van der Waals surface area contributed by atoms with Gasteiger partial charge >= 0.3 is 0 Å². The number of anilines is 1. The summed E-state index contributed by atoms with van der Waals surface area (Å²) in [7, 11) is 0. The minimum absolute atomic E-state index is 0.160. The number of para-hydroxylation sites is 2. The van der Waals surface area contributed by atoms with E-state index < -0.39 is 6.04 Å². The SMILES string of the molecule is CCc1nnnn1-c1ccccc1NC(=O)C(C)n1cccn1. The largest absolute Gasteiger partial charge is 0.322 e. The number of aromatic nitrogens is 6. The lowest BCUT2D eigenvalue weighted by atomic mass is 10.2. The van der Waals surface area contributed by atoms with Gasteiger partial charge in [-0.05, 0) is 35.5 Å². The van der Waals surface area contributed by atoms with Gasteiger partial charge in [0.1, 0.15) is 6.04 Å². The van der Waals surface area contributed by atoms with Crippen molar-refractivity contribution in [1.82, 2.24) is 30.0 Å². The van der Waals surface area contributed by atoms with Crippen LogP contribution in [0.25, 0.3) is 5.69 Å². The Morgan fingerprint density at radius 3 is 2.87 bits per heavy atom. The van der Waals surface area contributed by atoms with Crippen LogP contribution < -0.4 is 5.32 Å². The van der Waals surface area contributed by atoms with Crippen molar-refractivity contribution in [3.05, 3.63) is 48.5 Å². The normalized spacial score (nSPS) is 12.1. The van der Waals surface area contributed by atoms with Crippen LogP contribution in [0.3, 0.4) is 0 Å². The molecule has 1 atom stereocenters. The summed E-state index contributed by atoms with van der Waals surface area (Å²) in [5.41, 5.74) is 1.38. The second-order valence-corrected chi connectivity index (χ2v) is 5.03. The van der Waals surface area contributed by atoms with E-state index in [2.05, 4.69) is 25.9 Å². The molecule has 1 N–H and O–H groups in total. The first kappa shape index (κ1) is 14.9. The third-order valence-electron chi connectivity index (χ3n) is 3.54. The molecule has 118 valence electrons. The van der Waals surface area contributed by atoms with Crippen LogP contribution in [0.5, 0.6) is 0 Å². The molecule has 0 bridgehead atoms. The molecule has 1 amide bonds. The van der Waals surface area contributed by atoms with Crippen molar-refractivity contribution in [2.24, 2.45) is 0 Å². The Morgan fingerprint density at radius 2 is 2.13 bits per heavy atom. The van der Waals surface area contributed by atoms with E-state index in [-0.39, 0.29) is 5.91 Å². The lowest BCUT2D eigenvalue weighted by Crippen LogP contribution is -2.24. The highest BCUT2D eigenvalue weighted by Gasteiger charge is 2.18. The van der Waals surface area contributed by atoms with Crippen LogP contribution in [0.4, 0.5) is 5.69 Å². The second-order valence-electron chi connectivity index (χ2n) is 5.03. The molecule has 0 aliphatic heterocycles. The van der Waals surface area contributed by atoms with Crippen molar-refractivity contribution >= 4 is 11.6 Å². The van der Waals surface area contributed by atoms with E-state index in [1.165, 1.54) is 0 Å². The highest BCUT2D eigenvalue weighted by Crippen LogP contribution is 2.21. The van der Waals surface area contributed by atoms with Crippen LogP contribution in [0, 0.1) is 0 Å². The van der Waals surface area contributed by atoms with Crippen molar-refractivity contribution in [2.75, 3.05) is 5.32 Å². The molecular weight excluding hydrogens is 294 g/mol. The summed E-state index contributed by atoms with van der Waals surface area (Å²) >= 11 is 0. The molecule has 0 spiro atoms. The maximum Gasteiger partial charge on any atom is 0.249 e. The number of hydrogen-bond donors (Lipinski definition) is 1. The molecule has 0 aliphatic rings. The van der Waals surface area contributed by atoms with E-state index >= 15 is 0 Å². The van der Waals surface area contributed by atoms with Gasteiger partial charge < -0.3 is 5.32 Å². The zero-order chi connectivity index (χ0) is 16.2. The van der Waals surface area contributed by atoms with E-state index in [1.54, 1.807) is 34.7 Å². The molecule has 2 heterocycles. The molecule has 0 aliphatic carbocycles. The van der Waals surface area contributed by atoms with Gasteiger partial charge in [0.25, 0.3) is 0 Å². The fourth-order valence-corrected chi connectivity index (χ4v) is 2.24. The van der Waals surface area contributed by atoms with Gasteiger partial charge in [-0.15, -0.1) is 5.10 Å². The molecule has 0 radical (unpaired) electrons. The molecule has 1 unspecified atom stereocenters. The lowest BCUT2D eigenvalue weighted by Gasteiger charge is -2.15. The van der Waals surface area contributed by atoms with Gasteiger partial charge in [0.15, 0.2) is 5.82 Å². The van der Waals surface area contributed by atoms with Crippen LogP contribution in [0.15, 0.2) is 42.7 Å². The summed E-state index contributed by atoms with van der Waals surface area (Å²) in [5.74, 6) is 0.569. The Kier molecular flexibility index (Phi) is 4.13. The van der Waals surface area contributed by atoms with Gasteiger partial charge in [-0.1, -0.05) is 19.1 Å². The van der Waals surface area contributed by atoms with Crippen LogP contribution in [-0.2, 0) is 11.2 Å². The molecule has 3 rings (SSSR count). The van der Waals surface area contributed by atoms with Gasteiger partial charge in [-0.3, -0.25) is 9.48 Å². The van der Waals surface area contributed by atoms with E-state index in [0.717, 1.165) is 11.5 Å². The molecule has 8 nitrogen and oxygen atoms in total. The Labute approximate surface area is 133 Å². The van der Waals surface area contributed by atoms with E-state index in [4.69, 9.17) is 0 Å². The van der Waals surface area contributed by atoms with Crippen LogP contribution in [0.1, 0.15) is 25.7 Å². The monoisotopic (exact) mass is 311 g/mol. The number of carbonyl (C=O) groups is 1. The number of nitrogens with one attached hydrogen (secondary N) is 1. The first-order chi connectivity index (χ1) is 11.2. The summed E-state index contributed by atoms with van der Waals surface area (Å²) in [5, 5.41) is 18.7. The lowest BCUT2D eigenvalue weighted by molar-refractivity contribution is -0.119. The summed E-state index contributed by atoms with van der Waals surface area (Å²) in [6.45, 7) is 3.77. The maximum atomic E-state index is 12.5. The Morgan fingerprint density at radius 1 is 1.30 bits per heavy atom. The minimum Gasteiger partial charge on any atom is -0.322 e. The van der Waals surface area contributed by atoms with Gasteiger partial charge in [-0.2, -0.15) is 9.78 Å². The van der Waals surface area contributed by atoms with Crippen LogP contribution in [-0.4, -0.2) is 35.9 Å². The molecule has 0 fully saturated rings. The minimum atomic E-state index is -0.419. The van der Waals surface area contributed by atoms with Crippen LogP contribution in [0.2, 0.25) is 0 Å². The van der Waals surface area contributed by atoms with Crippen molar-refractivity contribution in [1.29, 1.82) is 0 Å². The predicted molar refractivity (Wildman–Crippen MR) is 84.1 cm³/mol. The van der Waals surface area contributed by atoms with E-state index in [1.807, 2.05) is 31.2 Å². The summed E-state index contributed by atoms with van der Waals surface area (Å²) in [4.78, 5) is 12.5. The van der Waals surface area contributed by atoms with Gasteiger partial charge in [0, 0.05) is 18.8 Å². The first-order valence-corrected chi connectivity index (χ1v) is 7.37. The third-order valence-corrected chi connectivity index (χ3v) is 3.54. The summed E-state index contributed by atoms with van der Waals surface area (Å²) < 4.78 is 3.24. The van der Waals surface area contributed by atoms with Crippen LogP contribution >= 0.6 is 0 Å². The molecule has 1 aromatic carbocycles. The molecular formula is C15H17N7O. The van der Waals surface area contributed by atoms with E-state index in [9.17, 15) is 4.79 Å². The van der Waals surface area contributed by atoms with Crippen molar-refractivity contribution in [3.8, 4) is 5.69 Å². The highest BCUT2D eigenvalue weighted by atomic mass is 16.2. The standard InChI is InChI=1S/C15H17N7O/c1-3-14-18-19-20-22(14)13-8-5-4-7-12(13)17-15(23)11(2)21-10-6-9-16-21/h4-11H,3H2,1-2H3,(H,17,23). The Hall–Kier alpha value is -3.03. The number of aryl methyl sites for hydroxylation is 1. The molecule has 23 heavy (non-hydrogen) atoms. The van der Waals surface area contributed by atoms with Crippen molar-refractivity contribution < 1.29 is 4.79 Å².